The molecular formula is C14H17N3OS. The molecule has 1 amide bonds. The van der Waals surface area contributed by atoms with Crippen LogP contribution < -0.4 is 5.73 Å². The highest BCUT2D eigenvalue weighted by Crippen LogP contribution is 2.34. The van der Waals surface area contributed by atoms with E-state index in [1.54, 1.807) is 17.3 Å². The molecule has 0 aliphatic carbocycles. The highest BCUT2D eigenvalue weighted by Gasteiger charge is 2.22. The molecule has 100 valence electrons. The molecule has 0 unspecified atom stereocenters. The molecule has 0 radical (unpaired) electrons. The van der Waals surface area contributed by atoms with E-state index in [1.165, 1.54) is 11.3 Å². The van der Waals surface area contributed by atoms with Crippen LogP contribution in [0.3, 0.4) is 0 Å². The normalized spacial score (nSPS) is 10.4. The first-order valence-corrected chi connectivity index (χ1v) is 7.13. The Hall–Kier alpha value is -1.88. The fraction of sp³-hybridized carbons (Fsp3) is 0.286. The van der Waals surface area contributed by atoms with Gasteiger partial charge < -0.3 is 10.6 Å². The van der Waals surface area contributed by atoms with Crippen molar-refractivity contribution in [2.45, 2.75) is 13.8 Å². The van der Waals surface area contributed by atoms with Crippen LogP contribution in [-0.2, 0) is 0 Å². The number of hydrogen-bond acceptors (Lipinski definition) is 4. The Morgan fingerprint density at radius 2 is 1.95 bits per heavy atom. The summed E-state index contributed by atoms with van der Waals surface area (Å²) in [4.78, 5) is 18.3. The molecule has 0 aliphatic heterocycles. The van der Waals surface area contributed by atoms with Crippen molar-refractivity contribution in [3.05, 3.63) is 35.5 Å². The van der Waals surface area contributed by atoms with Gasteiger partial charge in [0.05, 0.1) is 10.6 Å². The lowest BCUT2D eigenvalue weighted by Crippen LogP contribution is -2.31. The monoisotopic (exact) mass is 275 g/mol. The summed E-state index contributed by atoms with van der Waals surface area (Å²) in [5.74, 6) is -0.00411. The topological polar surface area (TPSA) is 59.2 Å². The van der Waals surface area contributed by atoms with Crippen molar-refractivity contribution in [2.75, 3.05) is 18.8 Å². The van der Waals surface area contributed by atoms with Gasteiger partial charge in [0.25, 0.3) is 5.91 Å². The first-order valence-electron chi connectivity index (χ1n) is 6.25. The summed E-state index contributed by atoms with van der Waals surface area (Å²) in [6, 6.07) is 3.78. The Labute approximate surface area is 116 Å². The predicted molar refractivity (Wildman–Crippen MR) is 79.2 cm³/mol. The fourth-order valence-corrected chi connectivity index (χ4v) is 2.82. The molecule has 2 N–H and O–H groups in total. The number of anilines is 1. The zero-order chi connectivity index (χ0) is 13.8. The number of nitrogens with two attached hydrogens (primary N) is 1. The van der Waals surface area contributed by atoms with Gasteiger partial charge in [-0.05, 0) is 31.5 Å². The lowest BCUT2D eigenvalue weighted by atomic mass is 10.0. The Morgan fingerprint density at radius 3 is 2.53 bits per heavy atom. The molecule has 0 fully saturated rings. The SMILES string of the molecule is CCN(CC)C(=O)c1c(-c2ccncc2)csc1N. The summed E-state index contributed by atoms with van der Waals surface area (Å²) in [5.41, 5.74) is 8.45. The maximum Gasteiger partial charge on any atom is 0.257 e. The van der Waals surface area contributed by atoms with Crippen molar-refractivity contribution in [3.63, 3.8) is 0 Å². The molecule has 2 aromatic heterocycles. The van der Waals surface area contributed by atoms with E-state index in [4.69, 9.17) is 5.73 Å². The minimum absolute atomic E-state index is 0.00411. The first-order chi connectivity index (χ1) is 9.19. The molecule has 0 bridgehead atoms. The molecule has 0 saturated carbocycles. The molecule has 0 aliphatic rings. The van der Waals surface area contributed by atoms with E-state index >= 15 is 0 Å². The number of amides is 1. The molecule has 19 heavy (non-hydrogen) atoms. The van der Waals surface area contributed by atoms with E-state index in [-0.39, 0.29) is 5.91 Å². The summed E-state index contributed by atoms with van der Waals surface area (Å²) < 4.78 is 0. The van der Waals surface area contributed by atoms with Crippen molar-refractivity contribution in [1.29, 1.82) is 0 Å². The van der Waals surface area contributed by atoms with Gasteiger partial charge in [-0.1, -0.05) is 0 Å². The van der Waals surface area contributed by atoms with Gasteiger partial charge in [0, 0.05) is 36.4 Å². The van der Waals surface area contributed by atoms with Crippen molar-refractivity contribution < 1.29 is 4.79 Å². The van der Waals surface area contributed by atoms with Crippen LogP contribution in [0.25, 0.3) is 11.1 Å². The smallest absolute Gasteiger partial charge is 0.257 e. The van der Waals surface area contributed by atoms with Crippen molar-refractivity contribution in [2.24, 2.45) is 0 Å². The number of carbonyl (C=O) groups excluding carboxylic acids is 1. The van der Waals surface area contributed by atoms with Crippen LogP contribution in [0.5, 0.6) is 0 Å². The number of nitrogens with zero attached hydrogens (tertiary/aromatic N) is 2. The lowest BCUT2D eigenvalue weighted by molar-refractivity contribution is 0.0775. The molecule has 0 saturated heterocycles. The molecule has 0 atom stereocenters. The van der Waals surface area contributed by atoms with E-state index in [0.29, 0.717) is 23.7 Å². The number of nitrogen functional groups attached to an aromatic ring is 1. The Kier molecular flexibility index (Phi) is 4.16. The van der Waals surface area contributed by atoms with E-state index < -0.39 is 0 Å². The third kappa shape index (κ3) is 2.61. The Balaban J connectivity index is 2.47. The van der Waals surface area contributed by atoms with Crippen LogP contribution in [0.4, 0.5) is 5.00 Å². The number of carbonyl (C=O) groups is 1. The second kappa shape index (κ2) is 5.84. The standard InChI is InChI=1S/C14H17N3OS/c1-3-17(4-2)14(18)12-11(9-19-13(12)15)10-5-7-16-8-6-10/h5-9H,3-4,15H2,1-2H3. The Morgan fingerprint density at radius 1 is 1.32 bits per heavy atom. The van der Waals surface area contributed by atoms with Crippen LogP contribution in [0.2, 0.25) is 0 Å². The summed E-state index contributed by atoms with van der Waals surface area (Å²) >= 11 is 1.40. The third-order valence-corrected chi connectivity index (χ3v) is 3.89. The van der Waals surface area contributed by atoms with Crippen LogP contribution in [0, 0.1) is 0 Å². The van der Waals surface area contributed by atoms with Crippen molar-refractivity contribution >= 4 is 22.2 Å². The van der Waals surface area contributed by atoms with Gasteiger partial charge in [-0.25, -0.2) is 0 Å². The van der Waals surface area contributed by atoms with Crippen molar-refractivity contribution in [1.82, 2.24) is 9.88 Å². The number of pyridine rings is 1. The molecule has 0 aromatic carbocycles. The lowest BCUT2D eigenvalue weighted by Gasteiger charge is -2.19. The molecule has 5 heteroatoms. The fourth-order valence-electron chi connectivity index (χ4n) is 2.01. The van der Waals surface area contributed by atoms with E-state index in [1.807, 2.05) is 31.4 Å². The molecular weight excluding hydrogens is 258 g/mol. The summed E-state index contributed by atoms with van der Waals surface area (Å²) in [6.07, 6.45) is 3.43. The second-order valence-corrected chi connectivity index (χ2v) is 5.01. The van der Waals surface area contributed by atoms with Gasteiger partial charge in [-0.2, -0.15) is 0 Å². The highest BCUT2D eigenvalue weighted by molar-refractivity contribution is 7.15. The van der Waals surface area contributed by atoms with E-state index in [0.717, 1.165) is 11.1 Å². The van der Waals surface area contributed by atoms with Crippen LogP contribution in [0.15, 0.2) is 29.9 Å². The number of aromatic nitrogens is 1. The number of thiophene rings is 1. The van der Waals surface area contributed by atoms with Gasteiger partial charge >= 0.3 is 0 Å². The van der Waals surface area contributed by atoms with E-state index in [2.05, 4.69) is 4.98 Å². The second-order valence-electron chi connectivity index (χ2n) is 4.10. The van der Waals surface area contributed by atoms with Gasteiger partial charge in [-0.3, -0.25) is 9.78 Å². The highest BCUT2D eigenvalue weighted by atomic mass is 32.1. The summed E-state index contributed by atoms with van der Waals surface area (Å²) in [7, 11) is 0. The summed E-state index contributed by atoms with van der Waals surface area (Å²) in [6.45, 7) is 5.30. The molecule has 2 aromatic rings. The molecule has 4 nitrogen and oxygen atoms in total. The average Bonchev–Trinajstić information content (AvgIpc) is 2.83. The average molecular weight is 275 g/mol. The predicted octanol–water partition coefficient (Wildman–Crippen LogP) is 2.87. The van der Waals surface area contributed by atoms with Gasteiger partial charge in [0.15, 0.2) is 0 Å². The minimum atomic E-state index is -0.00411. The molecule has 0 spiro atoms. The van der Waals surface area contributed by atoms with Crippen LogP contribution >= 0.6 is 11.3 Å². The zero-order valence-corrected chi connectivity index (χ0v) is 11.9. The molecule has 2 heterocycles. The van der Waals surface area contributed by atoms with Crippen molar-refractivity contribution in [3.8, 4) is 11.1 Å². The summed E-state index contributed by atoms with van der Waals surface area (Å²) in [5, 5.41) is 2.50. The largest absolute Gasteiger partial charge is 0.390 e. The minimum Gasteiger partial charge on any atom is -0.390 e. The maximum absolute atomic E-state index is 12.5. The van der Waals surface area contributed by atoms with Gasteiger partial charge in [0.1, 0.15) is 0 Å². The quantitative estimate of drug-likeness (QED) is 0.933. The van der Waals surface area contributed by atoms with Crippen LogP contribution in [-0.4, -0.2) is 28.9 Å². The first kappa shape index (κ1) is 13.5. The molecule has 2 rings (SSSR count). The van der Waals surface area contributed by atoms with Gasteiger partial charge in [-0.15, -0.1) is 11.3 Å². The zero-order valence-electron chi connectivity index (χ0n) is 11.1. The maximum atomic E-state index is 12.5. The Bertz CT molecular complexity index is 561. The van der Waals surface area contributed by atoms with E-state index in [9.17, 15) is 4.79 Å². The van der Waals surface area contributed by atoms with Gasteiger partial charge in [0.2, 0.25) is 0 Å². The van der Waals surface area contributed by atoms with Crippen LogP contribution in [0.1, 0.15) is 24.2 Å². The third-order valence-electron chi connectivity index (χ3n) is 3.08. The number of hydrogen-bond donors (Lipinski definition) is 1. The number of rotatable bonds is 4.